The highest BCUT2D eigenvalue weighted by Gasteiger charge is 2.15. The molecule has 1 aromatic heterocycles. The first-order valence-corrected chi connectivity index (χ1v) is 7.86. The third-order valence-electron chi connectivity index (χ3n) is 3.21. The van der Waals surface area contributed by atoms with E-state index in [4.69, 9.17) is 16.3 Å². The van der Waals surface area contributed by atoms with Crippen LogP contribution in [0, 0.1) is 6.92 Å². The first-order valence-electron chi connectivity index (χ1n) is 6.69. The Morgan fingerprint density at radius 1 is 1.35 bits per heavy atom. The van der Waals surface area contributed by atoms with Crippen molar-refractivity contribution in [1.82, 2.24) is 9.78 Å². The van der Waals surface area contributed by atoms with Crippen molar-refractivity contribution >= 4 is 27.5 Å². The summed E-state index contributed by atoms with van der Waals surface area (Å²) in [7, 11) is 0. The quantitative estimate of drug-likeness (QED) is 0.771. The van der Waals surface area contributed by atoms with Crippen molar-refractivity contribution < 1.29 is 4.74 Å². The number of hydrogen-bond acceptors (Lipinski definition) is 2. The number of rotatable bonds is 5. The van der Waals surface area contributed by atoms with Gasteiger partial charge in [0.1, 0.15) is 12.4 Å². The molecule has 5 heteroatoms. The van der Waals surface area contributed by atoms with Crippen LogP contribution >= 0.6 is 27.5 Å². The van der Waals surface area contributed by atoms with E-state index in [0.29, 0.717) is 6.61 Å². The maximum Gasteiger partial charge on any atom is 0.131 e. The van der Waals surface area contributed by atoms with Gasteiger partial charge in [-0.05, 0) is 38.0 Å². The van der Waals surface area contributed by atoms with Crippen LogP contribution in [0.25, 0.3) is 0 Å². The topological polar surface area (TPSA) is 27.1 Å². The van der Waals surface area contributed by atoms with Gasteiger partial charge in [0.15, 0.2) is 0 Å². The summed E-state index contributed by atoms with van der Waals surface area (Å²) < 4.78 is 8.82. The second-order valence-corrected chi connectivity index (χ2v) is 5.87. The smallest absolute Gasteiger partial charge is 0.131 e. The Balaban J connectivity index is 2.22. The second kappa shape index (κ2) is 6.64. The fourth-order valence-corrected chi connectivity index (χ4v) is 2.69. The van der Waals surface area contributed by atoms with Crippen molar-refractivity contribution in [3.8, 4) is 5.75 Å². The van der Waals surface area contributed by atoms with E-state index in [1.165, 1.54) is 0 Å². The average Bonchev–Trinajstić information content (AvgIpc) is 2.75. The van der Waals surface area contributed by atoms with Crippen LogP contribution in [0.5, 0.6) is 5.75 Å². The largest absolute Gasteiger partial charge is 0.487 e. The number of hydrogen-bond donors (Lipinski definition) is 0. The Morgan fingerprint density at radius 2 is 2.10 bits per heavy atom. The number of aromatic nitrogens is 2. The molecule has 3 nitrogen and oxygen atoms in total. The lowest BCUT2D eigenvalue weighted by molar-refractivity contribution is 0.290. The molecule has 0 fully saturated rings. The molecule has 2 rings (SSSR count). The summed E-state index contributed by atoms with van der Waals surface area (Å²) in [5, 5.41) is 5.22. The van der Waals surface area contributed by atoms with Gasteiger partial charge >= 0.3 is 0 Å². The fraction of sp³-hybridized carbons (Fsp3) is 0.400. The molecule has 1 aromatic carbocycles. The van der Waals surface area contributed by atoms with Crippen molar-refractivity contribution in [3.05, 3.63) is 44.6 Å². The minimum Gasteiger partial charge on any atom is -0.487 e. The average molecular weight is 358 g/mol. The van der Waals surface area contributed by atoms with E-state index in [1.807, 2.05) is 29.8 Å². The number of halogens is 2. The minimum atomic E-state index is 0.428. The summed E-state index contributed by atoms with van der Waals surface area (Å²) in [6.07, 6.45) is 0.828. The predicted octanol–water partition coefficient (Wildman–Crippen LogP) is 4.77. The van der Waals surface area contributed by atoms with E-state index in [0.717, 1.165) is 45.2 Å². The highest BCUT2D eigenvalue weighted by molar-refractivity contribution is 9.10. The van der Waals surface area contributed by atoms with Gasteiger partial charge in [0.05, 0.1) is 16.4 Å². The number of ether oxygens (including phenoxy) is 1. The molecular weight excluding hydrogens is 340 g/mol. The summed E-state index contributed by atoms with van der Waals surface area (Å²) in [6, 6.07) is 5.99. The molecular formula is C15H18BrClN2O. The molecule has 0 aliphatic rings. The third kappa shape index (κ3) is 3.18. The minimum absolute atomic E-state index is 0.428. The van der Waals surface area contributed by atoms with E-state index in [2.05, 4.69) is 34.9 Å². The highest BCUT2D eigenvalue weighted by Crippen LogP contribution is 2.26. The molecule has 0 aliphatic carbocycles. The summed E-state index contributed by atoms with van der Waals surface area (Å²) in [5.41, 5.74) is 2.96. The Morgan fingerprint density at radius 3 is 2.75 bits per heavy atom. The van der Waals surface area contributed by atoms with E-state index in [-0.39, 0.29) is 0 Å². The molecule has 2 aromatic rings. The molecule has 0 saturated carbocycles. The number of benzene rings is 1. The fourth-order valence-electron chi connectivity index (χ4n) is 2.03. The van der Waals surface area contributed by atoms with Crippen LogP contribution in [-0.2, 0) is 19.6 Å². The van der Waals surface area contributed by atoms with E-state index >= 15 is 0 Å². The van der Waals surface area contributed by atoms with Crippen LogP contribution in [0.4, 0.5) is 0 Å². The standard InChI is InChI=1S/C15H18BrClN2O/c1-4-12-15(17)13(19(5-2)18-12)9-20-14-8-11(16)7-6-10(14)3/h6-8H,4-5,9H2,1-3H3. The first kappa shape index (κ1) is 15.4. The van der Waals surface area contributed by atoms with Crippen LogP contribution in [0.15, 0.2) is 22.7 Å². The van der Waals surface area contributed by atoms with Gasteiger partial charge in [-0.15, -0.1) is 0 Å². The summed E-state index contributed by atoms with van der Waals surface area (Å²) in [5.74, 6) is 0.859. The van der Waals surface area contributed by atoms with Crippen LogP contribution in [-0.4, -0.2) is 9.78 Å². The van der Waals surface area contributed by atoms with Gasteiger partial charge in [-0.25, -0.2) is 0 Å². The molecule has 0 bridgehead atoms. The summed E-state index contributed by atoms with van der Waals surface area (Å²) in [4.78, 5) is 0. The van der Waals surface area contributed by atoms with Crippen molar-refractivity contribution in [1.29, 1.82) is 0 Å². The maximum atomic E-state index is 6.37. The van der Waals surface area contributed by atoms with Crippen molar-refractivity contribution in [3.63, 3.8) is 0 Å². The first-order chi connectivity index (χ1) is 9.56. The monoisotopic (exact) mass is 356 g/mol. The van der Waals surface area contributed by atoms with Crippen LogP contribution in [0.3, 0.4) is 0 Å². The molecule has 0 radical (unpaired) electrons. The van der Waals surface area contributed by atoms with Crippen molar-refractivity contribution in [2.75, 3.05) is 0 Å². The Bertz CT molecular complexity index is 610. The number of nitrogens with zero attached hydrogens (tertiary/aromatic N) is 2. The van der Waals surface area contributed by atoms with Crippen LogP contribution in [0.2, 0.25) is 5.02 Å². The summed E-state index contributed by atoms with van der Waals surface area (Å²) >= 11 is 9.83. The maximum absolute atomic E-state index is 6.37. The van der Waals surface area contributed by atoms with Gasteiger partial charge in [0.25, 0.3) is 0 Å². The van der Waals surface area contributed by atoms with Crippen molar-refractivity contribution in [2.45, 2.75) is 40.3 Å². The lowest BCUT2D eigenvalue weighted by Gasteiger charge is -2.11. The Labute approximate surface area is 133 Å². The normalized spacial score (nSPS) is 10.8. The molecule has 1 heterocycles. The second-order valence-electron chi connectivity index (χ2n) is 4.58. The lowest BCUT2D eigenvalue weighted by atomic mass is 10.2. The molecule has 0 amide bonds. The Kier molecular flexibility index (Phi) is 5.11. The zero-order chi connectivity index (χ0) is 14.7. The summed E-state index contributed by atoms with van der Waals surface area (Å²) in [6.45, 7) is 7.35. The van der Waals surface area contributed by atoms with E-state index in [1.54, 1.807) is 0 Å². The highest BCUT2D eigenvalue weighted by atomic mass is 79.9. The van der Waals surface area contributed by atoms with Gasteiger partial charge in [0.2, 0.25) is 0 Å². The van der Waals surface area contributed by atoms with E-state index < -0.39 is 0 Å². The third-order valence-corrected chi connectivity index (χ3v) is 4.14. The molecule has 0 N–H and O–H groups in total. The molecule has 0 aliphatic heterocycles. The van der Waals surface area contributed by atoms with Gasteiger partial charge in [0, 0.05) is 11.0 Å². The van der Waals surface area contributed by atoms with Gasteiger partial charge in [-0.2, -0.15) is 5.10 Å². The van der Waals surface area contributed by atoms with Gasteiger partial charge in [-0.3, -0.25) is 4.68 Å². The van der Waals surface area contributed by atoms with Gasteiger partial charge < -0.3 is 4.74 Å². The molecule has 0 spiro atoms. The molecule has 0 atom stereocenters. The zero-order valence-corrected chi connectivity index (χ0v) is 14.3. The lowest BCUT2D eigenvalue weighted by Crippen LogP contribution is -2.07. The Hall–Kier alpha value is -1.00. The SMILES string of the molecule is CCc1nn(CC)c(COc2cc(Br)ccc2C)c1Cl. The molecule has 20 heavy (non-hydrogen) atoms. The van der Waals surface area contributed by atoms with Crippen LogP contribution in [0.1, 0.15) is 30.8 Å². The van der Waals surface area contributed by atoms with Crippen molar-refractivity contribution in [2.24, 2.45) is 0 Å². The molecule has 0 saturated heterocycles. The zero-order valence-electron chi connectivity index (χ0n) is 11.9. The molecule has 0 unspecified atom stereocenters. The predicted molar refractivity (Wildman–Crippen MR) is 85.5 cm³/mol. The van der Waals surface area contributed by atoms with E-state index in [9.17, 15) is 0 Å². The molecule has 108 valence electrons. The van der Waals surface area contributed by atoms with Gasteiger partial charge in [-0.1, -0.05) is 40.5 Å². The number of aryl methyl sites for hydroxylation is 3. The van der Waals surface area contributed by atoms with Crippen LogP contribution < -0.4 is 4.74 Å².